The molecule has 1 aliphatic carbocycles. The fourth-order valence-electron chi connectivity index (χ4n) is 4.04. The molecule has 1 heterocycles. The quantitative estimate of drug-likeness (QED) is 0.488. The minimum atomic E-state index is -0.250. The molecule has 162 valence electrons. The first-order chi connectivity index (χ1) is 14.2. The van der Waals surface area contributed by atoms with Gasteiger partial charge in [0.05, 0.1) is 6.61 Å². The van der Waals surface area contributed by atoms with E-state index in [-0.39, 0.29) is 6.47 Å². The molecule has 1 amide bonds. The highest BCUT2D eigenvalue weighted by molar-refractivity contribution is 5.79. The van der Waals surface area contributed by atoms with Crippen LogP contribution in [0, 0.1) is 11.8 Å². The van der Waals surface area contributed by atoms with E-state index in [2.05, 4.69) is 41.4 Å². The maximum absolute atomic E-state index is 12.3. The Morgan fingerprint density at radius 3 is 2.62 bits per heavy atom. The number of hydrogen-bond acceptors (Lipinski definition) is 4. The third kappa shape index (κ3) is 8.15. The molecule has 1 aromatic carbocycles. The summed E-state index contributed by atoms with van der Waals surface area (Å²) in [6, 6.07) is 10.7. The Kier molecular flexibility index (Phi) is 10.7. The van der Waals surface area contributed by atoms with Crippen molar-refractivity contribution in [2.75, 3.05) is 26.2 Å². The van der Waals surface area contributed by atoms with Gasteiger partial charge in [-0.15, -0.1) is 0 Å². The van der Waals surface area contributed by atoms with Gasteiger partial charge in [-0.1, -0.05) is 50.1 Å². The molecule has 1 aliphatic heterocycles. The molecule has 3 rings (SSSR count). The van der Waals surface area contributed by atoms with Gasteiger partial charge >= 0.3 is 0 Å². The zero-order valence-electron chi connectivity index (χ0n) is 17.6. The second kappa shape index (κ2) is 13.3. The van der Waals surface area contributed by atoms with Gasteiger partial charge in [-0.05, 0) is 37.2 Å². The summed E-state index contributed by atoms with van der Waals surface area (Å²) >= 11 is 0. The lowest BCUT2D eigenvalue weighted by atomic mass is 9.83. The molecular weight excluding hydrogens is 368 g/mol. The Hall–Kier alpha value is -1.92. The average molecular weight is 405 g/mol. The number of amides is 1. The lowest BCUT2D eigenvalue weighted by molar-refractivity contribution is -0.129. The van der Waals surface area contributed by atoms with Crippen LogP contribution >= 0.6 is 0 Å². The molecule has 2 aliphatic rings. The molecule has 0 radical (unpaired) electrons. The van der Waals surface area contributed by atoms with Crippen LogP contribution in [0.2, 0.25) is 0 Å². The monoisotopic (exact) mass is 404 g/mol. The van der Waals surface area contributed by atoms with E-state index in [0.29, 0.717) is 30.4 Å². The predicted octanol–water partition coefficient (Wildman–Crippen LogP) is 3.31. The molecule has 2 fully saturated rings. The van der Waals surface area contributed by atoms with Crippen LogP contribution in [0.15, 0.2) is 30.3 Å². The average Bonchev–Trinajstić information content (AvgIpc) is 2.68. The lowest BCUT2D eigenvalue weighted by Crippen LogP contribution is -2.52. The van der Waals surface area contributed by atoms with Crippen LogP contribution in [0.5, 0.6) is 0 Å². The summed E-state index contributed by atoms with van der Waals surface area (Å²) in [6.45, 7) is 6.79. The van der Waals surface area contributed by atoms with Crippen molar-refractivity contribution in [2.24, 2.45) is 11.8 Å². The SMILES string of the molecule is CC[C@@H]1CN(CCCOCc2ccccc2)CC[C@@H]1NC(=O)C1CCC1.O=CO. The van der Waals surface area contributed by atoms with Crippen molar-refractivity contribution in [3.8, 4) is 0 Å². The van der Waals surface area contributed by atoms with E-state index in [0.717, 1.165) is 58.3 Å². The number of likely N-dealkylation sites (tertiary alicyclic amines) is 1. The molecule has 1 saturated carbocycles. The molecule has 0 spiro atoms. The first-order valence-electron chi connectivity index (χ1n) is 10.9. The van der Waals surface area contributed by atoms with Gasteiger partial charge in [-0.2, -0.15) is 0 Å². The summed E-state index contributed by atoms with van der Waals surface area (Å²) in [4.78, 5) is 23.2. The Balaban J connectivity index is 0.000000941. The van der Waals surface area contributed by atoms with Gasteiger partial charge in [0.1, 0.15) is 0 Å². The van der Waals surface area contributed by atoms with E-state index in [1.54, 1.807) is 0 Å². The summed E-state index contributed by atoms with van der Waals surface area (Å²) in [5, 5.41) is 10.2. The Morgan fingerprint density at radius 1 is 1.28 bits per heavy atom. The molecule has 0 bridgehead atoms. The van der Waals surface area contributed by atoms with E-state index >= 15 is 0 Å². The van der Waals surface area contributed by atoms with Crippen LogP contribution < -0.4 is 5.32 Å². The van der Waals surface area contributed by atoms with E-state index in [9.17, 15) is 4.79 Å². The highest BCUT2D eigenvalue weighted by Gasteiger charge is 2.32. The second-order valence-electron chi connectivity index (χ2n) is 8.00. The van der Waals surface area contributed by atoms with Crippen molar-refractivity contribution in [2.45, 2.75) is 58.1 Å². The van der Waals surface area contributed by atoms with Crippen molar-refractivity contribution in [3.05, 3.63) is 35.9 Å². The minimum absolute atomic E-state index is 0.250. The molecule has 0 aromatic heterocycles. The smallest absolute Gasteiger partial charge is 0.290 e. The molecule has 2 atom stereocenters. The summed E-state index contributed by atoms with van der Waals surface area (Å²) in [5.41, 5.74) is 1.24. The molecule has 0 unspecified atom stereocenters. The first-order valence-corrected chi connectivity index (χ1v) is 10.9. The topological polar surface area (TPSA) is 78.9 Å². The Labute approximate surface area is 174 Å². The number of nitrogens with zero attached hydrogens (tertiary/aromatic N) is 1. The largest absolute Gasteiger partial charge is 0.483 e. The van der Waals surface area contributed by atoms with Crippen molar-refractivity contribution >= 4 is 12.4 Å². The summed E-state index contributed by atoms with van der Waals surface area (Å²) in [7, 11) is 0. The van der Waals surface area contributed by atoms with E-state index in [4.69, 9.17) is 14.6 Å². The summed E-state index contributed by atoms with van der Waals surface area (Å²) in [6.07, 6.45) is 6.69. The predicted molar refractivity (Wildman–Crippen MR) is 114 cm³/mol. The fraction of sp³-hybridized carbons (Fsp3) is 0.652. The number of piperidine rings is 1. The zero-order chi connectivity index (χ0) is 20.9. The lowest BCUT2D eigenvalue weighted by Gasteiger charge is -2.39. The molecule has 6 nitrogen and oxygen atoms in total. The number of rotatable bonds is 9. The maximum Gasteiger partial charge on any atom is 0.290 e. The van der Waals surface area contributed by atoms with E-state index in [1.165, 1.54) is 12.0 Å². The fourth-order valence-corrected chi connectivity index (χ4v) is 4.04. The van der Waals surface area contributed by atoms with Crippen LogP contribution in [0.3, 0.4) is 0 Å². The van der Waals surface area contributed by atoms with Crippen molar-refractivity contribution in [1.82, 2.24) is 10.2 Å². The number of carbonyl (C=O) groups is 2. The van der Waals surface area contributed by atoms with Crippen LogP contribution in [-0.2, 0) is 20.9 Å². The van der Waals surface area contributed by atoms with Crippen LogP contribution in [0.1, 0.15) is 51.0 Å². The van der Waals surface area contributed by atoms with Gasteiger partial charge in [-0.25, -0.2) is 0 Å². The molecule has 1 aromatic rings. The Morgan fingerprint density at radius 2 is 2.00 bits per heavy atom. The van der Waals surface area contributed by atoms with Gasteiger partial charge in [0.2, 0.25) is 5.91 Å². The van der Waals surface area contributed by atoms with Gasteiger partial charge in [0.15, 0.2) is 0 Å². The third-order valence-corrected chi connectivity index (χ3v) is 6.02. The number of ether oxygens (including phenoxy) is 1. The van der Waals surface area contributed by atoms with Gasteiger partial charge in [-0.3, -0.25) is 9.59 Å². The number of carboxylic acid groups (broad SMARTS) is 1. The molecule has 2 N–H and O–H groups in total. The standard InChI is InChI=1S/C22H34N2O2.CH2O2/c1-2-19-16-24(13-7-15-26-17-18-8-4-3-5-9-18)14-12-21(19)23-22(25)20-10-6-11-20;2-1-3/h3-5,8-9,19-21H,2,6-7,10-17H2,1H3,(H,23,25);1H,(H,2,3)/t19-,21+;/m1./s1. The number of carbonyl (C=O) groups excluding carboxylic acids is 1. The van der Waals surface area contributed by atoms with Crippen molar-refractivity contribution in [3.63, 3.8) is 0 Å². The number of hydrogen-bond donors (Lipinski definition) is 2. The van der Waals surface area contributed by atoms with Crippen molar-refractivity contribution in [1.29, 1.82) is 0 Å². The highest BCUT2D eigenvalue weighted by Crippen LogP contribution is 2.28. The second-order valence-corrected chi connectivity index (χ2v) is 8.00. The molecular formula is C23H36N2O4. The molecule has 1 saturated heterocycles. The van der Waals surface area contributed by atoms with Crippen LogP contribution in [0.25, 0.3) is 0 Å². The van der Waals surface area contributed by atoms with Gasteiger partial charge in [0.25, 0.3) is 6.47 Å². The number of nitrogens with one attached hydrogen (secondary N) is 1. The van der Waals surface area contributed by atoms with E-state index in [1.807, 2.05) is 6.07 Å². The highest BCUT2D eigenvalue weighted by atomic mass is 16.5. The van der Waals surface area contributed by atoms with Crippen LogP contribution in [0.4, 0.5) is 0 Å². The zero-order valence-corrected chi connectivity index (χ0v) is 17.6. The molecule has 6 heteroatoms. The van der Waals surface area contributed by atoms with Gasteiger partial charge in [0, 0.05) is 38.2 Å². The number of benzene rings is 1. The summed E-state index contributed by atoms with van der Waals surface area (Å²) < 4.78 is 5.80. The van der Waals surface area contributed by atoms with E-state index < -0.39 is 0 Å². The Bertz CT molecular complexity index is 592. The summed E-state index contributed by atoms with van der Waals surface area (Å²) in [5.74, 6) is 1.19. The van der Waals surface area contributed by atoms with Crippen molar-refractivity contribution < 1.29 is 19.4 Å². The maximum atomic E-state index is 12.3. The molecule has 29 heavy (non-hydrogen) atoms. The normalized spacial score (nSPS) is 22.1. The van der Waals surface area contributed by atoms with Gasteiger partial charge < -0.3 is 20.1 Å². The van der Waals surface area contributed by atoms with Crippen LogP contribution in [-0.4, -0.2) is 54.7 Å². The minimum Gasteiger partial charge on any atom is -0.483 e. The third-order valence-electron chi connectivity index (χ3n) is 6.02. The first kappa shape index (κ1) is 23.4.